The number of nitrogens with zero attached hydrogens (tertiary/aromatic N) is 3. The lowest BCUT2D eigenvalue weighted by Gasteiger charge is -2.06. The Morgan fingerprint density at radius 3 is 2.65 bits per heavy atom. The smallest absolute Gasteiger partial charge is 0.246 e. The summed E-state index contributed by atoms with van der Waals surface area (Å²) in [6.07, 6.45) is 6.30. The third-order valence-corrected chi connectivity index (χ3v) is 3.82. The molecule has 2 aromatic heterocycles. The normalized spacial score (nSPS) is 10.7. The zero-order chi connectivity index (χ0) is 18.2. The molecule has 3 rings (SSSR count). The van der Waals surface area contributed by atoms with Crippen molar-refractivity contribution in [1.29, 1.82) is 0 Å². The molecule has 0 aliphatic heterocycles. The molecule has 3 aromatic rings. The van der Waals surface area contributed by atoms with Crippen molar-refractivity contribution >= 4 is 5.91 Å². The van der Waals surface area contributed by atoms with E-state index in [1.165, 1.54) is 0 Å². The highest BCUT2D eigenvalue weighted by Gasteiger charge is 2.13. The first-order valence-corrected chi connectivity index (χ1v) is 8.66. The Labute approximate surface area is 152 Å². The molecule has 1 amide bonds. The molecular formula is C20H22N4O2. The summed E-state index contributed by atoms with van der Waals surface area (Å²) < 4.78 is 7.11. The minimum atomic E-state index is -0.133. The van der Waals surface area contributed by atoms with Crippen molar-refractivity contribution in [2.45, 2.75) is 19.9 Å². The van der Waals surface area contributed by atoms with Crippen LogP contribution < -0.4 is 5.32 Å². The minimum absolute atomic E-state index is 0.0747. The van der Waals surface area contributed by atoms with Crippen molar-refractivity contribution in [3.05, 3.63) is 66.6 Å². The van der Waals surface area contributed by atoms with Crippen LogP contribution in [0.2, 0.25) is 0 Å². The fraction of sp³-hybridized carbons (Fsp3) is 0.250. The van der Waals surface area contributed by atoms with E-state index in [4.69, 9.17) is 9.84 Å². The lowest BCUT2D eigenvalue weighted by atomic mass is 10.1. The van der Waals surface area contributed by atoms with Gasteiger partial charge in [0.1, 0.15) is 6.61 Å². The first-order valence-electron chi connectivity index (χ1n) is 8.66. The zero-order valence-corrected chi connectivity index (χ0v) is 14.8. The van der Waals surface area contributed by atoms with Gasteiger partial charge < -0.3 is 10.1 Å². The van der Waals surface area contributed by atoms with E-state index in [2.05, 4.69) is 10.3 Å². The van der Waals surface area contributed by atoms with Gasteiger partial charge in [-0.15, -0.1) is 0 Å². The maximum atomic E-state index is 11.9. The molecule has 2 heterocycles. The summed E-state index contributed by atoms with van der Waals surface area (Å²) in [4.78, 5) is 16.0. The van der Waals surface area contributed by atoms with Gasteiger partial charge in [-0.2, -0.15) is 5.10 Å². The maximum Gasteiger partial charge on any atom is 0.246 e. The van der Waals surface area contributed by atoms with Gasteiger partial charge >= 0.3 is 0 Å². The predicted octanol–water partition coefficient (Wildman–Crippen LogP) is 2.98. The van der Waals surface area contributed by atoms with Gasteiger partial charge in [0.25, 0.3) is 0 Å². The molecule has 6 nitrogen and oxygen atoms in total. The van der Waals surface area contributed by atoms with Gasteiger partial charge in [0, 0.05) is 42.9 Å². The first-order chi connectivity index (χ1) is 12.8. The number of hydrogen-bond acceptors (Lipinski definition) is 4. The number of amides is 1. The molecule has 0 saturated heterocycles. The fourth-order valence-corrected chi connectivity index (χ4v) is 2.56. The van der Waals surface area contributed by atoms with Gasteiger partial charge in [0.2, 0.25) is 5.91 Å². The highest BCUT2D eigenvalue weighted by Crippen LogP contribution is 2.23. The van der Waals surface area contributed by atoms with Crippen LogP contribution in [-0.4, -0.2) is 33.9 Å². The van der Waals surface area contributed by atoms with Crippen molar-refractivity contribution in [1.82, 2.24) is 20.1 Å². The minimum Gasteiger partial charge on any atom is -0.372 e. The molecule has 6 heteroatoms. The molecule has 26 heavy (non-hydrogen) atoms. The van der Waals surface area contributed by atoms with E-state index in [-0.39, 0.29) is 12.5 Å². The summed E-state index contributed by atoms with van der Waals surface area (Å²) in [5.74, 6) is -0.133. The number of pyridine rings is 1. The van der Waals surface area contributed by atoms with Gasteiger partial charge in [-0.05, 0) is 30.7 Å². The SMILES string of the molecule is CCCOCC(=O)NCc1cn(-c2ccccc2)nc1-c1ccncc1. The van der Waals surface area contributed by atoms with Crippen LogP contribution in [0.5, 0.6) is 0 Å². The van der Waals surface area contributed by atoms with Gasteiger partial charge in [0.05, 0.1) is 11.4 Å². The van der Waals surface area contributed by atoms with Crippen molar-refractivity contribution in [3.8, 4) is 16.9 Å². The number of para-hydroxylation sites is 1. The second-order valence-corrected chi connectivity index (χ2v) is 5.85. The number of carbonyl (C=O) groups excluding carboxylic acids is 1. The van der Waals surface area contributed by atoms with Crippen LogP contribution in [0.4, 0.5) is 0 Å². The second-order valence-electron chi connectivity index (χ2n) is 5.85. The average molecular weight is 350 g/mol. The number of nitrogens with one attached hydrogen (secondary N) is 1. The Morgan fingerprint density at radius 2 is 1.92 bits per heavy atom. The maximum absolute atomic E-state index is 11.9. The number of aromatic nitrogens is 3. The monoisotopic (exact) mass is 350 g/mol. The van der Waals surface area contributed by atoms with Crippen LogP contribution >= 0.6 is 0 Å². The Balaban J connectivity index is 1.81. The Hall–Kier alpha value is -2.99. The molecule has 0 aliphatic carbocycles. The Morgan fingerprint density at radius 1 is 1.15 bits per heavy atom. The summed E-state index contributed by atoms with van der Waals surface area (Å²) in [6, 6.07) is 13.7. The van der Waals surface area contributed by atoms with Crippen molar-refractivity contribution in [2.24, 2.45) is 0 Å². The summed E-state index contributed by atoms with van der Waals surface area (Å²) in [6.45, 7) is 3.06. The van der Waals surface area contributed by atoms with Crippen LogP contribution in [-0.2, 0) is 16.1 Å². The molecule has 0 radical (unpaired) electrons. The highest BCUT2D eigenvalue weighted by atomic mass is 16.5. The predicted molar refractivity (Wildman–Crippen MR) is 99.8 cm³/mol. The molecule has 0 fully saturated rings. The van der Waals surface area contributed by atoms with Crippen molar-refractivity contribution in [2.75, 3.05) is 13.2 Å². The van der Waals surface area contributed by atoms with Gasteiger partial charge in [-0.1, -0.05) is 25.1 Å². The molecule has 0 spiro atoms. The molecular weight excluding hydrogens is 328 g/mol. The molecule has 134 valence electrons. The number of ether oxygens (including phenoxy) is 1. The third-order valence-electron chi connectivity index (χ3n) is 3.82. The van der Waals surface area contributed by atoms with E-state index in [0.717, 1.165) is 28.9 Å². The Kier molecular flexibility index (Phi) is 6.11. The van der Waals surface area contributed by atoms with Crippen molar-refractivity contribution < 1.29 is 9.53 Å². The topological polar surface area (TPSA) is 69.0 Å². The summed E-state index contributed by atoms with van der Waals surface area (Å²) in [5.41, 5.74) is 3.68. The van der Waals surface area contributed by atoms with Crippen LogP contribution in [0.15, 0.2) is 61.1 Å². The largest absolute Gasteiger partial charge is 0.372 e. The molecule has 0 atom stereocenters. The van der Waals surface area contributed by atoms with Crippen LogP contribution in [0.3, 0.4) is 0 Å². The number of carbonyl (C=O) groups is 1. The number of hydrogen-bond donors (Lipinski definition) is 1. The molecule has 0 saturated carbocycles. The fourth-order valence-electron chi connectivity index (χ4n) is 2.56. The van der Waals surface area contributed by atoms with Gasteiger partial charge in [-0.3, -0.25) is 9.78 Å². The standard InChI is InChI=1S/C20H22N4O2/c1-2-12-26-15-19(25)22-13-17-14-24(18-6-4-3-5-7-18)23-20(17)16-8-10-21-11-9-16/h3-11,14H,2,12-13,15H2,1H3,(H,22,25). The van der Waals surface area contributed by atoms with E-state index in [9.17, 15) is 4.79 Å². The quantitative estimate of drug-likeness (QED) is 0.634. The lowest BCUT2D eigenvalue weighted by molar-refractivity contribution is -0.125. The van der Waals surface area contributed by atoms with Gasteiger partial charge in [0.15, 0.2) is 0 Å². The van der Waals surface area contributed by atoms with E-state index in [1.54, 1.807) is 12.4 Å². The number of benzene rings is 1. The summed E-state index contributed by atoms with van der Waals surface area (Å²) in [5, 5.41) is 7.61. The Bertz CT molecular complexity index is 832. The van der Waals surface area contributed by atoms with Crippen LogP contribution in [0, 0.1) is 0 Å². The third kappa shape index (κ3) is 4.55. The van der Waals surface area contributed by atoms with Gasteiger partial charge in [-0.25, -0.2) is 4.68 Å². The van der Waals surface area contributed by atoms with Crippen molar-refractivity contribution in [3.63, 3.8) is 0 Å². The van der Waals surface area contributed by atoms with E-state index in [0.29, 0.717) is 13.2 Å². The zero-order valence-electron chi connectivity index (χ0n) is 14.8. The number of rotatable bonds is 8. The van der Waals surface area contributed by atoms with Crippen LogP contribution in [0.1, 0.15) is 18.9 Å². The molecule has 0 unspecified atom stereocenters. The second kappa shape index (κ2) is 8.92. The lowest BCUT2D eigenvalue weighted by Crippen LogP contribution is -2.27. The summed E-state index contributed by atoms with van der Waals surface area (Å²) >= 11 is 0. The highest BCUT2D eigenvalue weighted by molar-refractivity contribution is 5.77. The first kappa shape index (κ1) is 17.8. The average Bonchev–Trinajstić information content (AvgIpc) is 3.12. The van der Waals surface area contributed by atoms with E-state index < -0.39 is 0 Å². The molecule has 0 aliphatic rings. The molecule has 1 aromatic carbocycles. The van der Waals surface area contributed by atoms with E-state index >= 15 is 0 Å². The summed E-state index contributed by atoms with van der Waals surface area (Å²) in [7, 11) is 0. The van der Waals surface area contributed by atoms with Crippen LogP contribution in [0.25, 0.3) is 16.9 Å². The van der Waals surface area contributed by atoms with E-state index in [1.807, 2.05) is 60.3 Å². The molecule has 1 N–H and O–H groups in total. The molecule has 0 bridgehead atoms.